The van der Waals surface area contributed by atoms with Gasteiger partial charge in [-0.15, -0.1) is 12.4 Å². The SMILES string of the molecule is COc1cccc(N2CCN(C(=O)C3CNC3)CC2)c1.Cl. The van der Waals surface area contributed by atoms with E-state index in [4.69, 9.17) is 4.74 Å². The molecule has 0 unspecified atom stereocenters. The van der Waals surface area contributed by atoms with Gasteiger partial charge in [0, 0.05) is 51.0 Å². The van der Waals surface area contributed by atoms with E-state index in [2.05, 4.69) is 16.3 Å². The summed E-state index contributed by atoms with van der Waals surface area (Å²) in [6.07, 6.45) is 0. The molecule has 0 aromatic heterocycles. The molecule has 5 nitrogen and oxygen atoms in total. The van der Waals surface area contributed by atoms with Crippen LogP contribution in [-0.2, 0) is 4.79 Å². The van der Waals surface area contributed by atoms with E-state index >= 15 is 0 Å². The van der Waals surface area contributed by atoms with Gasteiger partial charge in [-0.1, -0.05) is 6.07 Å². The Kier molecular flexibility index (Phi) is 5.31. The molecule has 0 aliphatic carbocycles. The highest BCUT2D eigenvalue weighted by Gasteiger charge is 2.31. The van der Waals surface area contributed by atoms with E-state index in [1.54, 1.807) is 7.11 Å². The first kappa shape index (κ1) is 15.9. The minimum absolute atomic E-state index is 0. The van der Waals surface area contributed by atoms with E-state index < -0.39 is 0 Å². The second kappa shape index (κ2) is 7.00. The van der Waals surface area contributed by atoms with Crippen molar-refractivity contribution in [2.75, 3.05) is 51.3 Å². The van der Waals surface area contributed by atoms with Crippen LogP contribution in [0.15, 0.2) is 24.3 Å². The molecule has 1 N–H and O–H groups in total. The van der Waals surface area contributed by atoms with E-state index in [1.165, 1.54) is 5.69 Å². The molecule has 3 rings (SSSR count). The zero-order valence-electron chi connectivity index (χ0n) is 12.2. The predicted molar refractivity (Wildman–Crippen MR) is 85.4 cm³/mol. The van der Waals surface area contributed by atoms with Gasteiger partial charge < -0.3 is 19.9 Å². The van der Waals surface area contributed by atoms with E-state index in [1.807, 2.05) is 23.1 Å². The van der Waals surface area contributed by atoms with Crippen LogP contribution in [0.5, 0.6) is 5.75 Å². The fourth-order valence-corrected chi connectivity index (χ4v) is 2.71. The van der Waals surface area contributed by atoms with E-state index in [0.29, 0.717) is 5.91 Å². The van der Waals surface area contributed by atoms with Crippen LogP contribution in [0.4, 0.5) is 5.69 Å². The van der Waals surface area contributed by atoms with Crippen LogP contribution >= 0.6 is 12.4 Å². The van der Waals surface area contributed by atoms with Gasteiger partial charge in [0.25, 0.3) is 0 Å². The smallest absolute Gasteiger partial charge is 0.228 e. The fourth-order valence-electron chi connectivity index (χ4n) is 2.71. The summed E-state index contributed by atoms with van der Waals surface area (Å²) in [6.45, 7) is 5.08. The standard InChI is InChI=1S/C15H21N3O2.ClH/c1-20-14-4-2-3-13(9-14)17-5-7-18(8-6-17)15(19)12-10-16-11-12;/h2-4,9,12,16H,5-8,10-11H2,1H3;1H. The molecule has 6 heteroatoms. The summed E-state index contributed by atoms with van der Waals surface area (Å²) in [7, 11) is 1.68. The second-order valence-corrected chi connectivity index (χ2v) is 5.37. The summed E-state index contributed by atoms with van der Waals surface area (Å²) in [5, 5.41) is 3.16. The number of ether oxygens (including phenoxy) is 1. The van der Waals surface area contributed by atoms with Gasteiger partial charge in [-0.25, -0.2) is 0 Å². The molecule has 2 aliphatic heterocycles. The molecule has 2 fully saturated rings. The number of nitrogens with zero attached hydrogens (tertiary/aromatic N) is 2. The normalized spacial score (nSPS) is 18.7. The lowest BCUT2D eigenvalue weighted by Gasteiger charge is -2.39. The Balaban J connectivity index is 0.00000161. The van der Waals surface area contributed by atoms with Crippen molar-refractivity contribution >= 4 is 24.0 Å². The average Bonchev–Trinajstić information content (AvgIpc) is 2.45. The van der Waals surface area contributed by atoms with Crippen LogP contribution < -0.4 is 15.0 Å². The highest BCUT2D eigenvalue weighted by Crippen LogP contribution is 2.22. The number of piperazine rings is 1. The van der Waals surface area contributed by atoms with E-state index in [-0.39, 0.29) is 18.3 Å². The number of hydrogen-bond acceptors (Lipinski definition) is 4. The van der Waals surface area contributed by atoms with Crippen molar-refractivity contribution < 1.29 is 9.53 Å². The first-order chi connectivity index (χ1) is 9.78. The first-order valence-corrected chi connectivity index (χ1v) is 7.16. The zero-order valence-corrected chi connectivity index (χ0v) is 13.1. The molecular weight excluding hydrogens is 290 g/mol. The number of carbonyl (C=O) groups is 1. The lowest BCUT2D eigenvalue weighted by atomic mass is 10.0. The topological polar surface area (TPSA) is 44.8 Å². The Labute approximate surface area is 131 Å². The molecule has 0 bridgehead atoms. The van der Waals surface area contributed by atoms with E-state index in [9.17, 15) is 4.79 Å². The number of benzene rings is 1. The third-order valence-corrected chi connectivity index (χ3v) is 4.14. The van der Waals surface area contributed by atoms with Gasteiger partial charge in [0.2, 0.25) is 5.91 Å². The molecule has 0 radical (unpaired) electrons. The Bertz CT molecular complexity index is 486. The van der Waals surface area contributed by atoms with Crippen LogP contribution in [0.25, 0.3) is 0 Å². The monoisotopic (exact) mass is 311 g/mol. The molecule has 1 aromatic carbocycles. The fraction of sp³-hybridized carbons (Fsp3) is 0.533. The molecule has 1 aromatic rings. The summed E-state index contributed by atoms with van der Waals surface area (Å²) >= 11 is 0. The van der Waals surface area contributed by atoms with Crippen molar-refractivity contribution in [1.29, 1.82) is 0 Å². The van der Waals surface area contributed by atoms with Gasteiger partial charge in [0.05, 0.1) is 13.0 Å². The summed E-state index contributed by atoms with van der Waals surface area (Å²) in [6, 6.07) is 8.10. The van der Waals surface area contributed by atoms with Crippen molar-refractivity contribution in [2.24, 2.45) is 5.92 Å². The highest BCUT2D eigenvalue weighted by molar-refractivity contribution is 5.85. The van der Waals surface area contributed by atoms with Crippen LogP contribution in [-0.4, -0.2) is 57.2 Å². The van der Waals surface area contributed by atoms with Crippen molar-refractivity contribution in [2.45, 2.75) is 0 Å². The molecule has 0 saturated carbocycles. The summed E-state index contributed by atoms with van der Waals surface area (Å²) in [4.78, 5) is 16.5. The molecule has 0 atom stereocenters. The van der Waals surface area contributed by atoms with Gasteiger partial charge in [0.15, 0.2) is 0 Å². The lowest BCUT2D eigenvalue weighted by Crippen LogP contribution is -2.56. The lowest BCUT2D eigenvalue weighted by molar-refractivity contribution is -0.137. The minimum Gasteiger partial charge on any atom is -0.497 e. The summed E-state index contributed by atoms with van der Waals surface area (Å²) in [5.74, 6) is 1.40. The Hall–Kier alpha value is -1.46. The molecule has 2 heterocycles. The number of rotatable bonds is 3. The Morgan fingerprint density at radius 3 is 2.52 bits per heavy atom. The van der Waals surface area contributed by atoms with Gasteiger partial charge in [0.1, 0.15) is 5.75 Å². The van der Waals surface area contributed by atoms with Crippen LogP contribution in [0.1, 0.15) is 0 Å². The van der Waals surface area contributed by atoms with Gasteiger partial charge in [-0.3, -0.25) is 4.79 Å². The minimum atomic E-state index is 0. The average molecular weight is 312 g/mol. The molecule has 116 valence electrons. The van der Waals surface area contributed by atoms with E-state index in [0.717, 1.165) is 45.0 Å². The molecular formula is C15H22ClN3O2. The van der Waals surface area contributed by atoms with Crippen LogP contribution in [0.3, 0.4) is 0 Å². The Morgan fingerprint density at radius 2 is 1.95 bits per heavy atom. The molecule has 0 spiro atoms. The van der Waals surface area contributed by atoms with Crippen LogP contribution in [0.2, 0.25) is 0 Å². The van der Waals surface area contributed by atoms with Gasteiger partial charge in [-0.2, -0.15) is 0 Å². The molecule has 2 aliphatic rings. The molecule has 1 amide bonds. The van der Waals surface area contributed by atoms with Gasteiger partial charge >= 0.3 is 0 Å². The molecule has 21 heavy (non-hydrogen) atoms. The van der Waals surface area contributed by atoms with Crippen molar-refractivity contribution in [3.63, 3.8) is 0 Å². The van der Waals surface area contributed by atoms with Gasteiger partial charge in [-0.05, 0) is 12.1 Å². The number of amides is 1. The summed E-state index contributed by atoms with van der Waals surface area (Å²) in [5.41, 5.74) is 1.17. The number of methoxy groups -OCH3 is 1. The number of anilines is 1. The van der Waals surface area contributed by atoms with Crippen molar-refractivity contribution in [3.05, 3.63) is 24.3 Å². The zero-order chi connectivity index (χ0) is 13.9. The predicted octanol–water partition coefficient (Wildman–Crippen LogP) is 0.985. The summed E-state index contributed by atoms with van der Waals surface area (Å²) < 4.78 is 5.26. The van der Waals surface area contributed by atoms with Crippen molar-refractivity contribution in [1.82, 2.24) is 10.2 Å². The quantitative estimate of drug-likeness (QED) is 0.904. The third kappa shape index (κ3) is 3.41. The second-order valence-electron chi connectivity index (χ2n) is 5.37. The number of carbonyl (C=O) groups excluding carboxylic acids is 1. The highest BCUT2D eigenvalue weighted by atomic mass is 35.5. The maximum absolute atomic E-state index is 12.2. The largest absolute Gasteiger partial charge is 0.497 e. The number of halogens is 1. The van der Waals surface area contributed by atoms with Crippen molar-refractivity contribution in [3.8, 4) is 5.75 Å². The Morgan fingerprint density at radius 1 is 1.24 bits per heavy atom. The number of hydrogen-bond donors (Lipinski definition) is 1. The first-order valence-electron chi connectivity index (χ1n) is 7.16. The third-order valence-electron chi connectivity index (χ3n) is 4.14. The van der Waals surface area contributed by atoms with Crippen LogP contribution in [0, 0.1) is 5.92 Å². The maximum atomic E-state index is 12.2. The number of nitrogens with one attached hydrogen (secondary N) is 1. The maximum Gasteiger partial charge on any atom is 0.228 e. The molecule has 2 saturated heterocycles.